The molecule has 8 heteroatoms. The highest BCUT2D eigenvalue weighted by Gasteiger charge is 2.40. The molecular formula is C11H9F4N3O. The number of carbonyl (C=O) groups excluding carboxylic acids is 1. The third-order valence-corrected chi connectivity index (χ3v) is 2.51. The average molecular weight is 275 g/mol. The third kappa shape index (κ3) is 2.83. The molecule has 0 aliphatic carbocycles. The number of benzene rings is 1. The van der Waals surface area contributed by atoms with Gasteiger partial charge in [-0.05, 0) is 12.1 Å². The van der Waals surface area contributed by atoms with Crippen molar-refractivity contribution in [3.05, 3.63) is 30.0 Å². The molecule has 1 aromatic heterocycles. The summed E-state index contributed by atoms with van der Waals surface area (Å²) in [5.74, 6) is -5.09. The first-order valence-corrected chi connectivity index (χ1v) is 5.27. The number of hydrogen-bond acceptors (Lipinski definition) is 2. The zero-order chi connectivity index (χ0) is 14.0. The van der Waals surface area contributed by atoms with Gasteiger partial charge < -0.3 is 5.32 Å². The maximum absolute atomic E-state index is 12.6. The van der Waals surface area contributed by atoms with Gasteiger partial charge in [-0.1, -0.05) is 6.07 Å². The predicted molar refractivity (Wildman–Crippen MR) is 59.4 cm³/mol. The summed E-state index contributed by atoms with van der Waals surface area (Å²) in [6, 6.07) is 4.37. The molecule has 4 nitrogen and oxygen atoms in total. The lowest BCUT2D eigenvalue weighted by Crippen LogP contribution is -2.41. The van der Waals surface area contributed by atoms with Gasteiger partial charge >= 0.3 is 12.3 Å². The summed E-state index contributed by atoms with van der Waals surface area (Å²) in [6.07, 6.45) is -2.29. The number of amides is 1. The predicted octanol–water partition coefficient (Wildman–Crippen LogP) is 2.19. The van der Waals surface area contributed by atoms with E-state index in [0.29, 0.717) is 5.52 Å². The highest BCUT2D eigenvalue weighted by atomic mass is 19.3. The van der Waals surface area contributed by atoms with Crippen LogP contribution in [0, 0.1) is 0 Å². The van der Waals surface area contributed by atoms with E-state index in [1.807, 2.05) is 0 Å². The van der Waals surface area contributed by atoms with Crippen LogP contribution < -0.4 is 5.32 Å². The first-order chi connectivity index (χ1) is 8.90. The van der Waals surface area contributed by atoms with Gasteiger partial charge in [0.2, 0.25) is 0 Å². The van der Waals surface area contributed by atoms with Crippen LogP contribution in [0.25, 0.3) is 10.9 Å². The molecule has 0 aliphatic heterocycles. The van der Waals surface area contributed by atoms with Crippen LogP contribution in [0.3, 0.4) is 0 Å². The van der Waals surface area contributed by atoms with Gasteiger partial charge in [0.1, 0.15) is 0 Å². The van der Waals surface area contributed by atoms with E-state index in [9.17, 15) is 22.4 Å². The number of carbonyl (C=O) groups is 1. The molecule has 2 aromatic rings. The molecule has 0 radical (unpaired) electrons. The second-order valence-electron chi connectivity index (χ2n) is 3.92. The lowest BCUT2D eigenvalue weighted by atomic mass is 10.1. The zero-order valence-corrected chi connectivity index (χ0v) is 9.46. The topological polar surface area (TPSA) is 57.8 Å². The van der Waals surface area contributed by atoms with Crippen molar-refractivity contribution < 1.29 is 22.4 Å². The molecule has 0 spiro atoms. The number of nitrogens with zero attached hydrogens (tertiary/aromatic N) is 1. The van der Waals surface area contributed by atoms with Crippen molar-refractivity contribution in [2.45, 2.75) is 12.3 Å². The summed E-state index contributed by atoms with van der Waals surface area (Å²) in [7, 11) is 0. The Labute approximate surface area is 104 Å². The largest absolute Gasteiger partial charge is 0.346 e. The molecule has 0 unspecified atom stereocenters. The van der Waals surface area contributed by atoms with Crippen LogP contribution in [0.5, 0.6) is 0 Å². The van der Waals surface area contributed by atoms with Gasteiger partial charge in [0.05, 0.1) is 18.3 Å². The van der Waals surface area contributed by atoms with Gasteiger partial charge in [-0.3, -0.25) is 9.89 Å². The number of aromatic amines is 1. The molecule has 0 bridgehead atoms. The Bertz CT molecular complexity index is 596. The van der Waals surface area contributed by atoms with Crippen molar-refractivity contribution in [2.24, 2.45) is 0 Å². The normalized spacial score (nSPS) is 12.1. The molecule has 0 fully saturated rings. The van der Waals surface area contributed by atoms with Gasteiger partial charge in [0.25, 0.3) is 5.91 Å². The van der Waals surface area contributed by atoms with Crippen LogP contribution in [0.1, 0.15) is 10.4 Å². The third-order valence-electron chi connectivity index (χ3n) is 2.51. The summed E-state index contributed by atoms with van der Waals surface area (Å²) >= 11 is 0. The molecule has 0 atom stereocenters. The molecule has 2 N–H and O–H groups in total. The first kappa shape index (κ1) is 13.3. The fraction of sp³-hybridized carbons (Fsp3) is 0.273. The van der Waals surface area contributed by atoms with Crippen LogP contribution in [0.4, 0.5) is 17.6 Å². The minimum absolute atomic E-state index is 0.0850. The number of H-pyrrole nitrogens is 1. The Morgan fingerprint density at radius 1 is 1.42 bits per heavy atom. The summed E-state index contributed by atoms with van der Waals surface area (Å²) < 4.78 is 49.1. The molecule has 1 heterocycles. The average Bonchev–Trinajstić information content (AvgIpc) is 2.82. The monoisotopic (exact) mass is 275 g/mol. The molecule has 102 valence electrons. The van der Waals surface area contributed by atoms with Gasteiger partial charge in [0.15, 0.2) is 0 Å². The van der Waals surface area contributed by atoms with E-state index in [1.54, 1.807) is 11.4 Å². The zero-order valence-electron chi connectivity index (χ0n) is 9.46. The maximum atomic E-state index is 12.6. The summed E-state index contributed by atoms with van der Waals surface area (Å²) in [6.45, 7) is -1.41. The maximum Gasteiger partial charge on any atom is 0.324 e. The van der Waals surface area contributed by atoms with Crippen molar-refractivity contribution in [3.63, 3.8) is 0 Å². The van der Waals surface area contributed by atoms with Gasteiger partial charge in [0, 0.05) is 10.9 Å². The van der Waals surface area contributed by atoms with Crippen LogP contribution in [0.15, 0.2) is 24.4 Å². The fourth-order valence-corrected chi connectivity index (χ4v) is 1.46. The Balaban J connectivity index is 2.07. The minimum atomic E-state index is -4.24. The smallest absolute Gasteiger partial charge is 0.324 e. The fourth-order valence-electron chi connectivity index (χ4n) is 1.46. The van der Waals surface area contributed by atoms with Gasteiger partial charge in [-0.15, -0.1) is 0 Å². The van der Waals surface area contributed by atoms with Crippen molar-refractivity contribution in [2.75, 3.05) is 6.54 Å². The first-order valence-electron chi connectivity index (χ1n) is 5.27. The molecular weight excluding hydrogens is 266 g/mol. The van der Waals surface area contributed by atoms with Crippen LogP contribution in [-0.2, 0) is 0 Å². The Hall–Kier alpha value is -2.12. The van der Waals surface area contributed by atoms with Gasteiger partial charge in [-0.25, -0.2) is 8.78 Å². The lowest BCUT2D eigenvalue weighted by molar-refractivity contribution is -0.123. The molecule has 0 saturated carbocycles. The van der Waals surface area contributed by atoms with E-state index >= 15 is 0 Å². The molecule has 1 aromatic carbocycles. The lowest BCUT2D eigenvalue weighted by Gasteiger charge is -2.15. The highest BCUT2D eigenvalue weighted by Crippen LogP contribution is 2.21. The van der Waals surface area contributed by atoms with E-state index < -0.39 is 24.8 Å². The molecule has 0 saturated heterocycles. The molecule has 2 rings (SSSR count). The quantitative estimate of drug-likeness (QED) is 0.840. The number of fused-ring (bicyclic) bond motifs is 1. The highest BCUT2D eigenvalue weighted by molar-refractivity contribution is 5.97. The van der Waals surface area contributed by atoms with Crippen molar-refractivity contribution in [1.82, 2.24) is 15.5 Å². The molecule has 0 aliphatic rings. The van der Waals surface area contributed by atoms with Crippen molar-refractivity contribution >= 4 is 16.8 Å². The summed E-state index contributed by atoms with van der Waals surface area (Å²) in [4.78, 5) is 11.6. The van der Waals surface area contributed by atoms with Crippen LogP contribution >= 0.6 is 0 Å². The van der Waals surface area contributed by atoms with E-state index in [0.717, 1.165) is 5.39 Å². The number of halogens is 4. The number of alkyl halides is 4. The standard InChI is InChI=1S/C11H9F4N3O/c12-10(13)11(14,15)5-16-9(19)6-1-2-7-4-17-18-8(7)3-6/h1-4,10H,5H2,(H,16,19)(H,17,18). The number of nitrogens with one attached hydrogen (secondary N) is 2. The SMILES string of the molecule is O=C(NCC(F)(F)C(F)F)c1ccc2cn[nH]c2c1. The van der Waals surface area contributed by atoms with Crippen LogP contribution in [0.2, 0.25) is 0 Å². The van der Waals surface area contributed by atoms with E-state index in [2.05, 4.69) is 10.2 Å². The van der Waals surface area contributed by atoms with Crippen LogP contribution in [-0.4, -0.2) is 35.0 Å². The van der Waals surface area contributed by atoms with Crippen molar-refractivity contribution in [1.29, 1.82) is 0 Å². The second kappa shape index (κ2) is 4.87. The van der Waals surface area contributed by atoms with Crippen molar-refractivity contribution in [3.8, 4) is 0 Å². The second-order valence-corrected chi connectivity index (χ2v) is 3.92. The summed E-state index contributed by atoms with van der Waals surface area (Å²) in [5.41, 5.74) is 0.634. The number of aromatic nitrogens is 2. The Morgan fingerprint density at radius 3 is 2.84 bits per heavy atom. The Morgan fingerprint density at radius 2 is 2.16 bits per heavy atom. The minimum Gasteiger partial charge on any atom is -0.346 e. The van der Waals surface area contributed by atoms with E-state index in [-0.39, 0.29) is 5.56 Å². The Kier molecular flexibility index (Phi) is 3.41. The van der Waals surface area contributed by atoms with Gasteiger partial charge in [-0.2, -0.15) is 13.9 Å². The van der Waals surface area contributed by atoms with E-state index in [4.69, 9.17) is 0 Å². The van der Waals surface area contributed by atoms with E-state index in [1.165, 1.54) is 18.3 Å². The number of hydrogen-bond donors (Lipinski definition) is 2. The summed E-state index contributed by atoms with van der Waals surface area (Å²) in [5, 5.41) is 8.86. The number of rotatable bonds is 4. The molecule has 19 heavy (non-hydrogen) atoms. The molecule has 1 amide bonds.